The van der Waals surface area contributed by atoms with Gasteiger partial charge in [-0.3, -0.25) is 4.79 Å². The monoisotopic (exact) mass is 430 g/mol. The SMILES string of the molecule is CCOC(=O)N1CCc2c(sc(NC(=O)Cc3ccc(C)cc3C)c2C(=O)OC)C1. The second kappa shape index (κ2) is 9.30. The van der Waals surface area contributed by atoms with E-state index in [1.807, 2.05) is 32.0 Å². The number of rotatable bonds is 5. The second-order valence-corrected chi connectivity index (χ2v) is 8.33. The van der Waals surface area contributed by atoms with Crippen molar-refractivity contribution in [2.45, 2.75) is 40.2 Å². The number of ether oxygens (including phenoxy) is 2. The van der Waals surface area contributed by atoms with Crippen molar-refractivity contribution in [3.05, 3.63) is 50.9 Å². The molecule has 0 saturated carbocycles. The highest BCUT2D eigenvalue weighted by Gasteiger charge is 2.31. The number of nitrogens with zero attached hydrogens (tertiary/aromatic N) is 1. The Bertz CT molecular complexity index is 982. The quantitative estimate of drug-likeness (QED) is 0.729. The number of carbonyl (C=O) groups is 3. The molecule has 1 N–H and O–H groups in total. The second-order valence-electron chi connectivity index (χ2n) is 7.22. The maximum Gasteiger partial charge on any atom is 0.410 e. The molecule has 7 nitrogen and oxygen atoms in total. The number of benzene rings is 1. The molecule has 1 aromatic carbocycles. The van der Waals surface area contributed by atoms with Crippen LogP contribution in [0.3, 0.4) is 0 Å². The lowest BCUT2D eigenvalue weighted by molar-refractivity contribution is -0.115. The van der Waals surface area contributed by atoms with Crippen LogP contribution in [-0.4, -0.2) is 43.1 Å². The topological polar surface area (TPSA) is 84.9 Å². The molecule has 0 fully saturated rings. The molecule has 0 unspecified atom stereocenters. The molecular formula is C22H26N2O5S. The van der Waals surface area contributed by atoms with Crippen LogP contribution in [0.2, 0.25) is 0 Å². The number of methoxy groups -OCH3 is 1. The molecule has 0 radical (unpaired) electrons. The van der Waals surface area contributed by atoms with Crippen LogP contribution in [0.25, 0.3) is 0 Å². The van der Waals surface area contributed by atoms with E-state index in [0.29, 0.717) is 36.7 Å². The molecule has 0 bridgehead atoms. The zero-order valence-electron chi connectivity index (χ0n) is 17.7. The van der Waals surface area contributed by atoms with Crippen LogP contribution in [0.15, 0.2) is 18.2 Å². The van der Waals surface area contributed by atoms with E-state index >= 15 is 0 Å². The summed E-state index contributed by atoms with van der Waals surface area (Å²) < 4.78 is 10.0. The standard InChI is InChI=1S/C22H26N2O5S/c1-5-29-22(27)24-9-8-16-17(12-24)30-20(19(16)21(26)28-4)23-18(25)11-15-7-6-13(2)10-14(15)3/h6-7,10H,5,8-9,11-12H2,1-4H3,(H,23,25). The Morgan fingerprint density at radius 2 is 2.00 bits per heavy atom. The minimum absolute atomic E-state index is 0.201. The van der Waals surface area contributed by atoms with Crippen molar-refractivity contribution in [3.8, 4) is 0 Å². The fourth-order valence-electron chi connectivity index (χ4n) is 3.57. The average molecular weight is 431 g/mol. The average Bonchev–Trinajstić information content (AvgIpc) is 3.06. The molecule has 2 aromatic rings. The first-order valence-corrected chi connectivity index (χ1v) is 10.7. The molecule has 0 saturated heterocycles. The van der Waals surface area contributed by atoms with Gasteiger partial charge in [0.15, 0.2) is 0 Å². The largest absolute Gasteiger partial charge is 0.465 e. The van der Waals surface area contributed by atoms with E-state index in [1.165, 1.54) is 18.4 Å². The highest BCUT2D eigenvalue weighted by Crippen LogP contribution is 2.38. The van der Waals surface area contributed by atoms with Crippen molar-refractivity contribution >= 4 is 34.3 Å². The number of carbonyl (C=O) groups excluding carboxylic acids is 3. The summed E-state index contributed by atoms with van der Waals surface area (Å²) in [5.41, 5.74) is 4.34. The number of hydrogen-bond acceptors (Lipinski definition) is 6. The van der Waals surface area contributed by atoms with Crippen LogP contribution in [0.4, 0.5) is 9.80 Å². The van der Waals surface area contributed by atoms with Crippen LogP contribution < -0.4 is 5.32 Å². The number of amides is 2. The molecule has 2 heterocycles. The van der Waals surface area contributed by atoms with Crippen LogP contribution in [-0.2, 0) is 33.7 Å². The van der Waals surface area contributed by atoms with Crippen LogP contribution >= 0.6 is 11.3 Å². The van der Waals surface area contributed by atoms with Crippen molar-refractivity contribution < 1.29 is 23.9 Å². The van der Waals surface area contributed by atoms with Gasteiger partial charge in [-0.25, -0.2) is 9.59 Å². The van der Waals surface area contributed by atoms with Crippen LogP contribution in [0, 0.1) is 13.8 Å². The van der Waals surface area contributed by atoms with Gasteiger partial charge in [-0.05, 0) is 43.9 Å². The zero-order chi connectivity index (χ0) is 21.8. The van der Waals surface area contributed by atoms with Gasteiger partial charge in [-0.1, -0.05) is 23.8 Å². The molecule has 8 heteroatoms. The molecule has 0 aliphatic carbocycles. The Hall–Kier alpha value is -2.87. The number of anilines is 1. The van der Waals surface area contributed by atoms with Gasteiger partial charge in [-0.15, -0.1) is 11.3 Å². The van der Waals surface area contributed by atoms with Gasteiger partial charge >= 0.3 is 12.1 Å². The fraction of sp³-hybridized carbons (Fsp3) is 0.409. The Balaban J connectivity index is 1.83. The summed E-state index contributed by atoms with van der Waals surface area (Å²) in [4.78, 5) is 39.7. The minimum atomic E-state index is -0.487. The van der Waals surface area contributed by atoms with E-state index in [1.54, 1.807) is 11.8 Å². The summed E-state index contributed by atoms with van der Waals surface area (Å²) in [5.74, 6) is -0.688. The van der Waals surface area contributed by atoms with Crippen molar-refractivity contribution in [1.29, 1.82) is 0 Å². The normalized spacial score (nSPS) is 12.9. The first-order chi connectivity index (χ1) is 14.3. The summed E-state index contributed by atoms with van der Waals surface area (Å²) in [5, 5.41) is 3.35. The van der Waals surface area contributed by atoms with Crippen molar-refractivity contribution in [2.24, 2.45) is 0 Å². The number of aryl methyl sites for hydroxylation is 2. The van der Waals surface area contributed by atoms with Gasteiger partial charge in [0.2, 0.25) is 5.91 Å². The van der Waals surface area contributed by atoms with Gasteiger partial charge in [-0.2, -0.15) is 0 Å². The smallest absolute Gasteiger partial charge is 0.410 e. The van der Waals surface area contributed by atoms with E-state index in [4.69, 9.17) is 9.47 Å². The van der Waals surface area contributed by atoms with Crippen LogP contribution in [0.5, 0.6) is 0 Å². The Kier molecular flexibility index (Phi) is 6.77. The number of thiophene rings is 1. The molecule has 0 spiro atoms. The predicted octanol–water partition coefficient (Wildman–Crippen LogP) is 3.85. The van der Waals surface area contributed by atoms with Crippen molar-refractivity contribution in [3.63, 3.8) is 0 Å². The highest BCUT2D eigenvalue weighted by molar-refractivity contribution is 7.17. The maximum atomic E-state index is 12.7. The van der Waals surface area contributed by atoms with Gasteiger partial charge in [0.25, 0.3) is 0 Å². The van der Waals surface area contributed by atoms with E-state index in [9.17, 15) is 14.4 Å². The van der Waals surface area contributed by atoms with Gasteiger partial charge in [0, 0.05) is 11.4 Å². The zero-order valence-corrected chi connectivity index (χ0v) is 18.5. The molecule has 0 atom stereocenters. The Morgan fingerprint density at radius 1 is 1.23 bits per heavy atom. The number of fused-ring (bicyclic) bond motifs is 1. The van der Waals surface area contributed by atoms with E-state index in [-0.39, 0.29) is 18.4 Å². The van der Waals surface area contributed by atoms with E-state index in [0.717, 1.165) is 27.1 Å². The summed E-state index contributed by atoms with van der Waals surface area (Å²) in [6.45, 7) is 6.84. The summed E-state index contributed by atoms with van der Waals surface area (Å²) in [7, 11) is 1.32. The third kappa shape index (κ3) is 4.64. The van der Waals surface area contributed by atoms with Gasteiger partial charge in [0.05, 0.1) is 32.2 Å². The maximum absolute atomic E-state index is 12.7. The third-order valence-corrected chi connectivity index (χ3v) is 6.21. The molecule has 3 rings (SSSR count). The Morgan fingerprint density at radius 3 is 2.67 bits per heavy atom. The van der Waals surface area contributed by atoms with Crippen molar-refractivity contribution in [1.82, 2.24) is 4.90 Å². The summed E-state index contributed by atoms with van der Waals surface area (Å²) in [6, 6.07) is 5.96. The fourth-order valence-corrected chi connectivity index (χ4v) is 4.84. The van der Waals surface area contributed by atoms with Crippen molar-refractivity contribution in [2.75, 3.05) is 25.6 Å². The first kappa shape index (κ1) is 21.8. The molecular weight excluding hydrogens is 404 g/mol. The summed E-state index contributed by atoms with van der Waals surface area (Å²) in [6.07, 6.45) is 0.336. The van der Waals surface area contributed by atoms with Crippen LogP contribution in [0.1, 0.15) is 44.4 Å². The molecule has 2 amide bonds. The molecule has 1 aliphatic rings. The highest BCUT2D eigenvalue weighted by atomic mass is 32.1. The first-order valence-electron chi connectivity index (χ1n) is 9.84. The number of nitrogens with one attached hydrogen (secondary N) is 1. The minimum Gasteiger partial charge on any atom is -0.465 e. The van der Waals surface area contributed by atoms with E-state index < -0.39 is 5.97 Å². The third-order valence-electron chi connectivity index (χ3n) is 5.07. The lowest BCUT2D eigenvalue weighted by Gasteiger charge is -2.26. The van der Waals surface area contributed by atoms with Gasteiger partial charge in [0.1, 0.15) is 5.00 Å². The Labute approximate surface area is 180 Å². The molecule has 1 aliphatic heterocycles. The van der Waals surface area contributed by atoms with E-state index in [2.05, 4.69) is 5.32 Å². The molecule has 160 valence electrons. The summed E-state index contributed by atoms with van der Waals surface area (Å²) >= 11 is 1.31. The lowest BCUT2D eigenvalue weighted by atomic mass is 10.0. The number of hydrogen-bond donors (Lipinski definition) is 1. The number of esters is 1. The predicted molar refractivity (Wildman–Crippen MR) is 115 cm³/mol. The molecule has 1 aromatic heterocycles. The molecule has 30 heavy (non-hydrogen) atoms. The van der Waals surface area contributed by atoms with Gasteiger partial charge < -0.3 is 19.7 Å². The lowest BCUT2D eigenvalue weighted by Crippen LogP contribution is -2.36.